The molecule has 1 atom stereocenters. The Kier molecular flexibility index (Phi) is 5.60. The van der Waals surface area contributed by atoms with Crippen molar-refractivity contribution >= 4 is 28.3 Å². The second-order valence-corrected chi connectivity index (χ2v) is 5.44. The van der Waals surface area contributed by atoms with E-state index in [1.807, 2.05) is 24.3 Å². The standard InChI is InChI=1S/C15H15FINO2/c16-11-5-7-13(8-6-11)20-10-12(19)9-18-15-4-2-1-3-14(15)17/h1-8,12,18-19H,9-10H2. The Bertz CT molecular complexity index is 548. The SMILES string of the molecule is OC(CNc1ccccc1I)COc1ccc(F)cc1. The average molecular weight is 387 g/mol. The van der Waals surface area contributed by atoms with Crippen LogP contribution in [-0.2, 0) is 0 Å². The lowest BCUT2D eigenvalue weighted by molar-refractivity contribution is 0.117. The van der Waals surface area contributed by atoms with Gasteiger partial charge in [0, 0.05) is 15.8 Å². The van der Waals surface area contributed by atoms with Gasteiger partial charge in [-0.25, -0.2) is 4.39 Å². The molecule has 2 N–H and O–H groups in total. The van der Waals surface area contributed by atoms with E-state index in [-0.39, 0.29) is 12.4 Å². The van der Waals surface area contributed by atoms with Gasteiger partial charge in [0.1, 0.15) is 24.3 Å². The zero-order chi connectivity index (χ0) is 14.4. The van der Waals surface area contributed by atoms with Gasteiger partial charge in [-0.05, 0) is 59.0 Å². The van der Waals surface area contributed by atoms with Gasteiger partial charge in [-0.1, -0.05) is 12.1 Å². The van der Waals surface area contributed by atoms with Crippen LogP contribution >= 0.6 is 22.6 Å². The predicted molar refractivity (Wildman–Crippen MR) is 85.6 cm³/mol. The lowest BCUT2D eigenvalue weighted by atomic mass is 10.3. The Morgan fingerprint density at radius 2 is 1.85 bits per heavy atom. The first-order valence-corrected chi connectivity index (χ1v) is 7.28. The Hall–Kier alpha value is -1.34. The van der Waals surface area contributed by atoms with Gasteiger partial charge in [0.25, 0.3) is 0 Å². The molecule has 3 nitrogen and oxygen atoms in total. The molecule has 0 heterocycles. The van der Waals surface area contributed by atoms with Crippen molar-refractivity contribution in [3.05, 3.63) is 57.9 Å². The highest BCUT2D eigenvalue weighted by atomic mass is 127. The number of benzene rings is 2. The molecule has 0 aliphatic rings. The van der Waals surface area contributed by atoms with Gasteiger partial charge < -0.3 is 15.2 Å². The van der Waals surface area contributed by atoms with Crippen molar-refractivity contribution in [3.8, 4) is 5.75 Å². The topological polar surface area (TPSA) is 41.5 Å². The number of anilines is 1. The number of ether oxygens (including phenoxy) is 1. The second kappa shape index (κ2) is 7.44. The number of hydrogen-bond acceptors (Lipinski definition) is 3. The summed E-state index contributed by atoms with van der Waals surface area (Å²) < 4.78 is 19.2. The molecule has 0 fully saturated rings. The van der Waals surface area contributed by atoms with E-state index < -0.39 is 6.10 Å². The number of aliphatic hydroxyl groups is 1. The zero-order valence-electron chi connectivity index (χ0n) is 10.7. The first kappa shape index (κ1) is 15.1. The van der Waals surface area contributed by atoms with Crippen LogP contribution in [0.4, 0.5) is 10.1 Å². The third-order valence-corrected chi connectivity index (χ3v) is 3.60. The van der Waals surface area contributed by atoms with E-state index >= 15 is 0 Å². The molecule has 5 heteroatoms. The molecule has 1 unspecified atom stereocenters. The summed E-state index contributed by atoms with van der Waals surface area (Å²) in [5, 5.41) is 13.0. The van der Waals surface area contributed by atoms with Crippen molar-refractivity contribution < 1.29 is 14.2 Å². The first-order chi connectivity index (χ1) is 9.65. The smallest absolute Gasteiger partial charge is 0.123 e. The number of hydrogen-bond donors (Lipinski definition) is 2. The van der Waals surface area contributed by atoms with Crippen LogP contribution in [0.2, 0.25) is 0 Å². The van der Waals surface area contributed by atoms with E-state index in [0.717, 1.165) is 9.26 Å². The van der Waals surface area contributed by atoms with Crippen LogP contribution < -0.4 is 10.1 Å². The van der Waals surface area contributed by atoms with Crippen LogP contribution in [0.3, 0.4) is 0 Å². The summed E-state index contributed by atoms with van der Waals surface area (Å²) in [6.45, 7) is 0.545. The predicted octanol–water partition coefficient (Wildman–Crippen LogP) is 3.28. The Morgan fingerprint density at radius 1 is 1.15 bits per heavy atom. The molecule has 2 aromatic rings. The van der Waals surface area contributed by atoms with Gasteiger partial charge >= 0.3 is 0 Å². The minimum atomic E-state index is -0.643. The van der Waals surface area contributed by atoms with E-state index in [0.29, 0.717) is 12.3 Å². The van der Waals surface area contributed by atoms with Gasteiger partial charge in [-0.15, -0.1) is 0 Å². The molecular formula is C15H15FINO2. The average Bonchev–Trinajstić information content (AvgIpc) is 2.46. The highest BCUT2D eigenvalue weighted by Gasteiger charge is 2.06. The highest BCUT2D eigenvalue weighted by molar-refractivity contribution is 14.1. The number of rotatable bonds is 6. The van der Waals surface area contributed by atoms with Gasteiger partial charge in [0.15, 0.2) is 0 Å². The van der Waals surface area contributed by atoms with E-state index in [1.165, 1.54) is 24.3 Å². The van der Waals surface area contributed by atoms with Crippen molar-refractivity contribution in [1.29, 1.82) is 0 Å². The summed E-state index contributed by atoms with van der Waals surface area (Å²) in [4.78, 5) is 0. The highest BCUT2D eigenvalue weighted by Crippen LogP contribution is 2.17. The van der Waals surface area contributed by atoms with E-state index in [9.17, 15) is 9.50 Å². The number of halogens is 2. The minimum Gasteiger partial charge on any atom is -0.491 e. The third kappa shape index (κ3) is 4.64. The van der Waals surface area contributed by atoms with Gasteiger partial charge in [-0.2, -0.15) is 0 Å². The quantitative estimate of drug-likeness (QED) is 0.748. The van der Waals surface area contributed by atoms with E-state index in [2.05, 4.69) is 27.9 Å². The molecule has 106 valence electrons. The van der Waals surface area contributed by atoms with Crippen LogP contribution in [0, 0.1) is 9.39 Å². The molecule has 2 rings (SSSR count). The monoisotopic (exact) mass is 387 g/mol. The van der Waals surface area contributed by atoms with Crippen LogP contribution in [0.25, 0.3) is 0 Å². The number of nitrogens with one attached hydrogen (secondary N) is 1. The van der Waals surface area contributed by atoms with Crippen molar-refractivity contribution in [3.63, 3.8) is 0 Å². The Balaban J connectivity index is 1.77. The molecule has 0 spiro atoms. The minimum absolute atomic E-state index is 0.155. The molecule has 0 saturated carbocycles. The Morgan fingerprint density at radius 3 is 2.55 bits per heavy atom. The summed E-state index contributed by atoms with van der Waals surface area (Å²) in [7, 11) is 0. The van der Waals surface area contributed by atoms with Gasteiger partial charge in [0.2, 0.25) is 0 Å². The fourth-order valence-electron chi connectivity index (χ4n) is 1.61. The van der Waals surface area contributed by atoms with E-state index in [1.54, 1.807) is 0 Å². The van der Waals surface area contributed by atoms with Crippen molar-refractivity contribution in [1.82, 2.24) is 0 Å². The molecule has 0 amide bonds. The molecule has 2 aromatic carbocycles. The van der Waals surface area contributed by atoms with Crippen molar-refractivity contribution in [2.24, 2.45) is 0 Å². The summed E-state index contributed by atoms with van der Waals surface area (Å²) in [6, 6.07) is 13.6. The van der Waals surface area contributed by atoms with Crippen molar-refractivity contribution in [2.45, 2.75) is 6.10 Å². The molecule has 0 radical (unpaired) electrons. The van der Waals surface area contributed by atoms with Crippen LogP contribution in [0.1, 0.15) is 0 Å². The molecule has 20 heavy (non-hydrogen) atoms. The lowest BCUT2D eigenvalue weighted by Gasteiger charge is -2.14. The fourth-order valence-corrected chi connectivity index (χ4v) is 2.19. The fraction of sp³-hybridized carbons (Fsp3) is 0.200. The molecule has 0 bridgehead atoms. The maximum absolute atomic E-state index is 12.7. The molecular weight excluding hydrogens is 372 g/mol. The largest absolute Gasteiger partial charge is 0.491 e. The van der Waals surface area contributed by atoms with Crippen LogP contribution in [0.5, 0.6) is 5.75 Å². The molecule has 0 aromatic heterocycles. The van der Waals surface area contributed by atoms with Gasteiger partial charge in [0.05, 0.1) is 0 Å². The zero-order valence-corrected chi connectivity index (χ0v) is 12.9. The third-order valence-electron chi connectivity index (χ3n) is 2.66. The Labute approximate surface area is 130 Å². The van der Waals surface area contributed by atoms with Crippen LogP contribution in [0.15, 0.2) is 48.5 Å². The summed E-state index contributed by atoms with van der Waals surface area (Å²) in [5.41, 5.74) is 0.980. The van der Waals surface area contributed by atoms with Crippen LogP contribution in [-0.4, -0.2) is 24.4 Å². The summed E-state index contributed by atoms with van der Waals surface area (Å²) in [6.07, 6.45) is -0.643. The first-order valence-electron chi connectivity index (χ1n) is 6.20. The number of aliphatic hydroxyl groups excluding tert-OH is 1. The second-order valence-electron chi connectivity index (χ2n) is 4.28. The van der Waals surface area contributed by atoms with Gasteiger partial charge in [-0.3, -0.25) is 0 Å². The summed E-state index contributed by atoms with van der Waals surface area (Å²) >= 11 is 2.23. The lowest BCUT2D eigenvalue weighted by Crippen LogP contribution is -2.26. The maximum atomic E-state index is 12.7. The van der Waals surface area contributed by atoms with Crippen molar-refractivity contribution in [2.75, 3.05) is 18.5 Å². The molecule has 0 saturated heterocycles. The molecule has 0 aliphatic carbocycles. The maximum Gasteiger partial charge on any atom is 0.123 e. The van der Waals surface area contributed by atoms with E-state index in [4.69, 9.17) is 4.74 Å². The molecule has 0 aliphatic heterocycles. The summed E-state index contributed by atoms with van der Waals surface area (Å²) in [5.74, 6) is 0.234. The number of para-hydroxylation sites is 1. The normalized spacial score (nSPS) is 11.9.